The molecule has 0 aliphatic heterocycles. The van der Waals surface area contributed by atoms with Crippen molar-refractivity contribution in [3.8, 4) is 39.5 Å². The van der Waals surface area contributed by atoms with Gasteiger partial charge in [-0.05, 0) is 60.4 Å². The molecule has 0 unspecified atom stereocenters. The third kappa shape index (κ3) is 6.43. The normalized spacial score (nSPS) is 12.0. The molecular weight excluding hydrogens is 747 g/mol. The molecule has 3 nitrogen and oxygen atoms in total. The SMILES string of the molecule is Cc1ccc2s[c-]c(-c3nc4ccccc4n3-c3ccc(-c4ccccc4)cc3)c2c1.[2H]C([2H])([2H])c1ccc(-c2[c-]cccc2)nc1.[Ir]. The summed E-state index contributed by atoms with van der Waals surface area (Å²) >= 11 is 1.65. The van der Waals surface area contributed by atoms with Gasteiger partial charge in [-0.15, -0.1) is 47.3 Å². The number of thiophene rings is 1. The van der Waals surface area contributed by atoms with Gasteiger partial charge >= 0.3 is 0 Å². The monoisotopic (exact) mass is 779 g/mol. The number of aromatic nitrogens is 3. The standard InChI is InChI=1S/C28H19N2S.C12H10N.Ir/c1-19-11-16-27-23(17-19)24(18-31-27)28-29-25-9-5-6-10-26(25)30(28)22-14-12-21(13-15-22)20-7-3-2-4-8-20;1-10-7-8-12(13-9-10)11-5-3-2-4-6-11;/h2-17H,1H3;2-5,7-9H,1H3;/q2*-1;/i;1D3;. The molecule has 0 aliphatic carbocycles. The van der Waals surface area contributed by atoms with Crippen molar-refractivity contribution in [1.82, 2.24) is 14.5 Å². The van der Waals surface area contributed by atoms with Gasteiger partial charge in [-0.3, -0.25) is 16.3 Å². The fraction of sp³-hybridized carbons (Fsp3) is 0.0500. The Bertz CT molecular complexity index is 2280. The van der Waals surface area contributed by atoms with E-state index in [1.54, 1.807) is 29.5 Å². The Labute approximate surface area is 285 Å². The smallest absolute Gasteiger partial charge is 0.0774 e. The molecule has 45 heavy (non-hydrogen) atoms. The summed E-state index contributed by atoms with van der Waals surface area (Å²) < 4.78 is 25.2. The fourth-order valence-corrected chi connectivity index (χ4v) is 6.07. The summed E-state index contributed by atoms with van der Waals surface area (Å²) in [7, 11) is 0. The van der Waals surface area contributed by atoms with E-state index < -0.39 is 6.85 Å². The van der Waals surface area contributed by atoms with Crippen LogP contribution in [0, 0.1) is 25.2 Å². The van der Waals surface area contributed by atoms with Crippen molar-refractivity contribution < 1.29 is 24.2 Å². The topological polar surface area (TPSA) is 30.7 Å². The van der Waals surface area contributed by atoms with E-state index >= 15 is 0 Å². The van der Waals surface area contributed by atoms with E-state index in [2.05, 4.69) is 113 Å². The molecule has 8 aromatic rings. The molecule has 0 spiro atoms. The minimum absolute atomic E-state index is 0. The van der Waals surface area contributed by atoms with Crippen LogP contribution in [0.15, 0.2) is 140 Å². The maximum atomic E-state index is 7.23. The van der Waals surface area contributed by atoms with Crippen molar-refractivity contribution in [2.45, 2.75) is 13.8 Å². The average molecular weight is 779 g/mol. The summed E-state index contributed by atoms with van der Waals surface area (Å²) in [4.78, 5) is 9.15. The molecule has 5 aromatic carbocycles. The summed E-state index contributed by atoms with van der Waals surface area (Å²) in [5.41, 5.74) is 9.78. The number of rotatable bonds is 4. The van der Waals surface area contributed by atoms with Crippen LogP contribution in [0.1, 0.15) is 15.2 Å². The fourth-order valence-electron chi connectivity index (χ4n) is 5.25. The summed E-state index contributed by atoms with van der Waals surface area (Å²) in [5, 5.41) is 4.73. The van der Waals surface area contributed by atoms with Crippen molar-refractivity contribution in [2.24, 2.45) is 0 Å². The van der Waals surface area contributed by atoms with Gasteiger partial charge < -0.3 is 9.55 Å². The van der Waals surface area contributed by atoms with Crippen LogP contribution in [0.4, 0.5) is 0 Å². The van der Waals surface area contributed by atoms with Crippen LogP contribution in [0.25, 0.3) is 60.6 Å². The molecule has 3 heterocycles. The largest absolute Gasteiger partial charge is 0.333 e. The van der Waals surface area contributed by atoms with Crippen molar-refractivity contribution in [3.05, 3.63) is 162 Å². The predicted octanol–water partition coefficient (Wildman–Crippen LogP) is 10.5. The zero-order valence-electron chi connectivity index (χ0n) is 27.4. The van der Waals surface area contributed by atoms with Gasteiger partial charge in [0.15, 0.2) is 0 Å². The molecule has 0 fully saturated rings. The first kappa shape index (κ1) is 26.7. The second-order valence-corrected chi connectivity index (χ2v) is 11.3. The number of benzene rings is 5. The van der Waals surface area contributed by atoms with Gasteiger partial charge in [-0.1, -0.05) is 100 Å². The molecule has 0 amide bonds. The zero-order chi connectivity index (χ0) is 32.4. The van der Waals surface area contributed by atoms with Gasteiger partial charge in [0, 0.05) is 36.1 Å². The molecule has 0 saturated heterocycles. The van der Waals surface area contributed by atoms with E-state index in [1.807, 2.05) is 30.3 Å². The maximum absolute atomic E-state index is 7.23. The van der Waals surface area contributed by atoms with Crippen LogP contribution in [0.2, 0.25) is 0 Å². The molecule has 0 aliphatic rings. The van der Waals surface area contributed by atoms with E-state index in [-0.39, 0.29) is 25.7 Å². The average Bonchev–Trinajstić information content (AvgIpc) is 3.70. The van der Waals surface area contributed by atoms with E-state index in [0.717, 1.165) is 39.4 Å². The molecule has 0 saturated carbocycles. The number of hydrogen-bond acceptors (Lipinski definition) is 3. The Morgan fingerprint density at radius 3 is 2.27 bits per heavy atom. The summed E-state index contributed by atoms with van der Waals surface area (Å²) in [6.07, 6.45) is 1.39. The van der Waals surface area contributed by atoms with E-state index in [9.17, 15) is 0 Å². The number of para-hydroxylation sites is 2. The molecular formula is C40H29IrN3S-2. The van der Waals surface area contributed by atoms with Crippen LogP contribution in [-0.4, -0.2) is 14.5 Å². The molecule has 3 aromatic heterocycles. The predicted molar refractivity (Wildman–Crippen MR) is 184 cm³/mol. The Morgan fingerprint density at radius 2 is 1.51 bits per heavy atom. The molecule has 221 valence electrons. The first-order valence-corrected chi connectivity index (χ1v) is 15.1. The molecule has 0 N–H and O–H groups in total. The Kier molecular flexibility index (Phi) is 8.03. The minimum Gasteiger partial charge on any atom is -0.333 e. The number of imidazole rings is 1. The van der Waals surface area contributed by atoms with Crippen molar-refractivity contribution in [1.29, 1.82) is 0 Å². The number of nitrogens with zero attached hydrogens (tertiary/aromatic N) is 3. The second kappa shape index (κ2) is 13.5. The Hall–Kier alpha value is -4.67. The molecule has 1 radical (unpaired) electrons. The maximum Gasteiger partial charge on any atom is 0.0774 e. The molecule has 5 heteroatoms. The number of hydrogen-bond donors (Lipinski definition) is 0. The molecule has 0 atom stereocenters. The first-order chi connectivity index (χ1) is 22.8. The van der Waals surface area contributed by atoms with Crippen LogP contribution in [-0.2, 0) is 20.1 Å². The van der Waals surface area contributed by atoms with Gasteiger partial charge in [0.25, 0.3) is 0 Å². The third-order valence-corrected chi connectivity index (χ3v) is 8.32. The van der Waals surface area contributed by atoms with Crippen LogP contribution < -0.4 is 0 Å². The van der Waals surface area contributed by atoms with Gasteiger partial charge in [0.2, 0.25) is 0 Å². The van der Waals surface area contributed by atoms with Crippen LogP contribution >= 0.6 is 11.3 Å². The summed E-state index contributed by atoms with van der Waals surface area (Å²) in [6, 6.07) is 47.9. The second-order valence-electron chi connectivity index (χ2n) is 10.5. The van der Waals surface area contributed by atoms with Gasteiger partial charge in [0.1, 0.15) is 0 Å². The van der Waals surface area contributed by atoms with E-state index in [1.165, 1.54) is 33.0 Å². The molecule has 0 bridgehead atoms. The number of pyridine rings is 1. The zero-order valence-corrected chi connectivity index (χ0v) is 27.6. The van der Waals surface area contributed by atoms with Crippen molar-refractivity contribution in [3.63, 3.8) is 0 Å². The van der Waals surface area contributed by atoms with Crippen LogP contribution in [0.3, 0.4) is 0 Å². The minimum atomic E-state index is -2.09. The van der Waals surface area contributed by atoms with Crippen molar-refractivity contribution >= 4 is 32.5 Å². The quantitative estimate of drug-likeness (QED) is 0.167. The summed E-state index contributed by atoms with van der Waals surface area (Å²) in [5.74, 6) is 0.936. The number of fused-ring (bicyclic) bond motifs is 2. The van der Waals surface area contributed by atoms with Crippen molar-refractivity contribution in [2.75, 3.05) is 0 Å². The van der Waals surface area contributed by atoms with E-state index in [0.29, 0.717) is 0 Å². The van der Waals surface area contributed by atoms with E-state index in [4.69, 9.17) is 9.10 Å². The third-order valence-electron chi connectivity index (χ3n) is 7.43. The van der Waals surface area contributed by atoms with Gasteiger partial charge in [-0.25, -0.2) is 0 Å². The van der Waals surface area contributed by atoms with Crippen LogP contribution in [0.5, 0.6) is 0 Å². The Balaban J connectivity index is 0.000000201. The molecule has 8 rings (SSSR count). The first-order valence-electron chi connectivity index (χ1n) is 15.8. The summed E-state index contributed by atoms with van der Waals surface area (Å²) in [6.45, 7) is 0.0398. The van der Waals surface area contributed by atoms with Gasteiger partial charge in [0.05, 0.1) is 16.9 Å². The number of aryl methyl sites for hydroxylation is 2. The Morgan fingerprint density at radius 1 is 0.756 bits per heavy atom. The van der Waals surface area contributed by atoms with Gasteiger partial charge in [-0.2, -0.15) is 0 Å².